The molecule has 1 aliphatic carbocycles. The second-order valence-corrected chi connectivity index (χ2v) is 6.46. The van der Waals surface area contributed by atoms with E-state index in [1.165, 1.54) is 11.1 Å². The lowest BCUT2D eigenvalue weighted by Crippen LogP contribution is -2.38. The zero-order valence-electron chi connectivity index (χ0n) is 11.8. The number of rotatable bonds is 5. The highest BCUT2D eigenvalue weighted by Crippen LogP contribution is 2.46. The van der Waals surface area contributed by atoms with Gasteiger partial charge in [0, 0.05) is 24.6 Å². The molecule has 0 aliphatic heterocycles. The largest absolute Gasteiger partial charge is 0.341 e. The Morgan fingerprint density at radius 2 is 2.16 bits per heavy atom. The molecule has 4 heteroatoms. The van der Waals surface area contributed by atoms with Crippen LogP contribution in [0.25, 0.3) is 0 Å². The predicted octanol–water partition coefficient (Wildman–Crippen LogP) is 2.72. The molecule has 1 N–H and O–H groups in total. The van der Waals surface area contributed by atoms with E-state index in [0.29, 0.717) is 6.54 Å². The summed E-state index contributed by atoms with van der Waals surface area (Å²) < 4.78 is 1.06. The van der Waals surface area contributed by atoms with Gasteiger partial charge in [-0.2, -0.15) is 0 Å². The van der Waals surface area contributed by atoms with Gasteiger partial charge >= 0.3 is 0 Å². The summed E-state index contributed by atoms with van der Waals surface area (Å²) in [6.07, 6.45) is 2.02. The first-order valence-electron chi connectivity index (χ1n) is 6.64. The van der Waals surface area contributed by atoms with Gasteiger partial charge in [0.05, 0.1) is 5.41 Å². The maximum Gasteiger partial charge on any atom is 0.230 e. The summed E-state index contributed by atoms with van der Waals surface area (Å²) in [7, 11) is 3.81. The quantitative estimate of drug-likeness (QED) is 0.903. The number of nitrogens with one attached hydrogen (secondary N) is 1. The van der Waals surface area contributed by atoms with Crippen LogP contribution in [0.3, 0.4) is 0 Å². The molecule has 0 saturated heterocycles. The van der Waals surface area contributed by atoms with Crippen molar-refractivity contribution in [3.63, 3.8) is 0 Å². The van der Waals surface area contributed by atoms with E-state index in [1.54, 1.807) is 0 Å². The summed E-state index contributed by atoms with van der Waals surface area (Å²) in [5, 5.41) is 3.14. The number of aryl methyl sites for hydroxylation is 1. The standard InChI is InChI=1S/C15H21BrN2O/c1-11-4-5-13(16)8-12(11)9-18(3)14(19)15(6-7-15)10-17-2/h4-5,8,17H,6-7,9-10H2,1-3H3. The minimum absolute atomic E-state index is 0.135. The van der Waals surface area contributed by atoms with E-state index in [0.717, 1.165) is 23.9 Å². The summed E-state index contributed by atoms with van der Waals surface area (Å²) in [4.78, 5) is 14.4. The zero-order valence-corrected chi connectivity index (χ0v) is 13.4. The molecule has 1 fully saturated rings. The first-order chi connectivity index (χ1) is 8.98. The van der Waals surface area contributed by atoms with Gasteiger partial charge in [-0.05, 0) is 50.1 Å². The number of carbonyl (C=O) groups excluding carboxylic acids is 1. The van der Waals surface area contributed by atoms with Crippen molar-refractivity contribution < 1.29 is 4.79 Å². The SMILES string of the molecule is CNCC1(C(=O)N(C)Cc2cc(Br)ccc2C)CC1. The average Bonchev–Trinajstić information content (AvgIpc) is 3.14. The Kier molecular flexibility index (Phi) is 4.31. The van der Waals surface area contributed by atoms with Gasteiger partial charge in [-0.15, -0.1) is 0 Å². The molecule has 0 bridgehead atoms. The zero-order chi connectivity index (χ0) is 14.0. The monoisotopic (exact) mass is 324 g/mol. The Morgan fingerprint density at radius 1 is 1.47 bits per heavy atom. The number of hydrogen-bond donors (Lipinski definition) is 1. The molecular weight excluding hydrogens is 304 g/mol. The highest BCUT2D eigenvalue weighted by Gasteiger charge is 2.50. The second kappa shape index (κ2) is 5.63. The molecule has 0 radical (unpaired) electrons. The Labute approximate surface area is 123 Å². The van der Waals surface area contributed by atoms with Crippen LogP contribution in [-0.2, 0) is 11.3 Å². The van der Waals surface area contributed by atoms with E-state index in [4.69, 9.17) is 0 Å². The van der Waals surface area contributed by atoms with Crippen molar-refractivity contribution in [1.82, 2.24) is 10.2 Å². The molecule has 3 nitrogen and oxygen atoms in total. The maximum atomic E-state index is 12.5. The van der Waals surface area contributed by atoms with Gasteiger partial charge in [0.15, 0.2) is 0 Å². The van der Waals surface area contributed by atoms with E-state index in [2.05, 4.69) is 40.3 Å². The first kappa shape index (κ1) is 14.5. The summed E-state index contributed by atoms with van der Waals surface area (Å²) in [6.45, 7) is 3.55. The van der Waals surface area contributed by atoms with Crippen molar-refractivity contribution in [2.24, 2.45) is 5.41 Å². The number of hydrogen-bond acceptors (Lipinski definition) is 2. The molecule has 1 aromatic rings. The van der Waals surface area contributed by atoms with Crippen LogP contribution >= 0.6 is 15.9 Å². The van der Waals surface area contributed by atoms with Crippen LogP contribution in [0, 0.1) is 12.3 Å². The van der Waals surface area contributed by atoms with Crippen LogP contribution in [0.5, 0.6) is 0 Å². The number of amides is 1. The lowest BCUT2D eigenvalue weighted by molar-refractivity contribution is -0.136. The second-order valence-electron chi connectivity index (χ2n) is 5.54. The lowest BCUT2D eigenvalue weighted by atomic mass is 10.0. The van der Waals surface area contributed by atoms with Gasteiger partial charge in [0.1, 0.15) is 0 Å². The molecule has 1 aliphatic rings. The molecule has 1 amide bonds. The number of carbonyl (C=O) groups is 1. The fraction of sp³-hybridized carbons (Fsp3) is 0.533. The van der Waals surface area contributed by atoms with Crippen molar-refractivity contribution in [2.75, 3.05) is 20.6 Å². The van der Waals surface area contributed by atoms with Gasteiger partial charge in [-0.1, -0.05) is 22.0 Å². The molecular formula is C15H21BrN2O. The topological polar surface area (TPSA) is 32.3 Å². The van der Waals surface area contributed by atoms with Gasteiger partial charge in [-0.25, -0.2) is 0 Å². The number of benzene rings is 1. The van der Waals surface area contributed by atoms with E-state index in [-0.39, 0.29) is 11.3 Å². The summed E-state index contributed by atoms with van der Waals surface area (Å²) in [5.41, 5.74) is 2.29. The van der Waals surface area contributed by atoms with Crippen LogP contribution in [0.2, 0.25) is 0 Å². The molecule has 0 aromatic heterocycles. The maximum absolute atomic E-state index is 12.5. The van der Waals surface area contributed by atoms with Crippen LogP contribution in [0.4, 0.5) is 0 Å². The van der Waals surface area contributed by atoms with Gasteiger partial charge < -0.3 is 10.2 Å². The number of nitrogens with zero attached hydrogens (tertiary/aromatic N) is 1. The highest BCUT2D eigenvalue weighted by molar-refractivity contribution is 9.10. The van der Waals surface area contributed by atoms with E-state index >= 15 is 0 Å². The van der Waals surface area contributed by atoms with E-state index < -0.39 is 0 Å². The number of halogens is 1. The molecule has 104 valence electrons. The summed E-state index contributed by atoms with van der Waals surface area (Å²) >= 11 is 3.49. The van der Waals surface area contributed by atoms with Crippen molar-refractivity contribution in [1.29, 1.82) is 0 Å². The third kappa shape index (κ3) is 3.18. The van der Waals surface area contributed by atoms with Crippen molar-refractivity contribution in [3.8, 4) is 0 Å². The minimum Gasteiger partial charge on any atom is -0.341 e. The Bertz CT molecular complexity index is 483. The summed E-state index contributed by atoms with van der Waals surface area (Å²) in [5.74, 6) is 0.265. The Hall–Kier alpha value is -0.870. The van der Waals surface area contributed by atoms with E-state index in [1.807, 2.05) is 25.1 Å². The predicted molar refractivity (Wildman–Crippen MR) is 80.9 cm³/mol. The molecule has 0 atom stereocenters. The van der Waals surface area contributed by atoms with Gasteiger partial charge in [0.2, 0.25) is 5.91 Å². The molecule has 2 rings (SSSR count). The lowest BCUT2D eigenvalue weighted by Gasteiger charge is -2.24. The first-order valence-corrected chi connectivity index (χ1v) is 7.43. The van der Waals surface area contributed by atoms with Crippen molar-refractivity contribution in [2.45, 2.75) is 26.3 Å². The van der Waals surface area contributed by atoms with Gasteiger partial charge in [0.25, 0.3) is 0 Å². The normalized spacial score (nSPS) is 16.2. The fourth-order valence-corrected chi connectivity index (χ4v) is 2.91. The third-order valence-corrected chi connectivity index (χ3v) is 4.38. The minimum atomic E-state index is -0.135. The van der Waals surface area contributed by atoms with Crippen molar-refractivity contribution >= 4 is 21.8 Å². The molecule has 0 unspecified atom stereocenters. The Balaban J connectivity index is 2.07. The van der Waals surface area contributed by atoms with Crippen LogP contribution in [-0.4, -0.2) is 31.4 Å². The fourth-order valence-electron chi connectivity index (χ4n) is 2.50. The highest BCUT2D eigenvalue weighted by atomic mass is 79.9. The third-order valence-electron chi connectivity index (χ3n) is 3.89. The molecule has 1 aromatic carbocycles. The molecule has 0 heterocycles. The average molecular weight is 325 g/mol. The smallest absolute Gasteiger partial charge is 0.230 e. The van der Waals surface area contributed by atoms with Gasteiger partial charge in [-0.3, -0.25) is 4.79 Å². The van der Waals surface area contributed by atoms with Crippen molar-refractivity contribution in [3.05, 3.63) is 33.8 Å². The molecule has 0 spiro atoms. The summed E-state index contributed by atoms with van der Waals surface area (Å²) in [6, 6.07) is 6.21. The molecule has 19 heavy (non-hydrogen) atoms. The Morgan fingerprint density at radius 3 is 2.74 bits per heavy atom. The van der Waals surface area contributed by atoms with Crippen LogP contribution < -0.4 is 5.32 Å². The van der Waals surface area contributed by atoms with Crippen LogP contribution in [0.1, 0.15) is 24.0 Å². The van der Waals surface area contributed by atoms with E-state index in [9.17, 15) is 4.79 Å². The molecule has 1 saturated carbocycles. The van der Waals surface area contributed by atoms with Crippen LogP contribution in [0.15, 0.2) is 22.7 Å².